The summed E-state index contributed by atoms with van der Waals surface area (Å²) in [6.45, 7) is 2.53. The van der Waals surface area contributed by atoms with E-state index in [1.54, 1.807) is 6.92 Å². The van der Waals surface area contributed by atoms with Gasteiger partial charge in [0.15, 0.2) is 0 Å². The first-order valence-electron chi connectivity index (χ1n) is 2.97. The van der Waals surface area contributed by atoms with E-state index < -0.39 is 0 Å². The fourth-order valence-corrected chi connectivity index (χ4v) is 0.437. The van der Waals surface area contributed by atoms with Crippen LogP contribution in [0.25, 0.3) is 0 Å². The second kappa shape index (κ2) is 8.76. The molecule has 0 radical (unpaired) electrons. The van der Waals surface area contributed by atoms with Gasteiger partial charge in [-0.2, -0.15) is 0 Å². The van der Waals surface area contributed by atoms with Crippen LogP contribution in [0.3, 0.4) is 0 Å². The maximum absolute atomic E-state index is 5.27. The number of unbranched alkanes of at least 4 members (excludes halogenated alkanes) is 1. The van der Waals surface area contributed by atoms with Crippen LogP contribution in [0.2, 0.25) is 0 Å². The van der Waals surface area contributed by atoms with Crippen molar-refractivity contribution in [3.05, 3.63) is 0 Å². The van der Waals surface area contributed by atoms with Crippen molar-refractivity contribution in [3.63, 3.8) is 0 Å². The SMILES string of the molecule is C#CCCCN=C(C)N.I. The van der Waals surface area contributed by atoms with Gasteiger partial charge in [-0.1, -0.05) is 0 Å². The number of nitrogens with two attached hydrogens (primary N) is 1. The summed E-state index contributed by atoms with van der Waals surface area (Å²) in [5.74, 6) is 3.16. The quantitative estimate of drug-likeness (QED) is 0.266. The summed E-state index contributed by atoms with van der Waals surface area (Å²) in [4.78, 5) is 3.96. The largest absolute Gasteiger partial charge is 0.388 e. The van der Waals surface area contributed by atoms with Crippen molar-refractivity contribution < 1.29 is 0 Å². The van der Waals surface area contributed by atoms with E-state index in [4.69, 9.17) is 12.2 Å². The lowest BCUT2D eigenvalue weighted by atomic mass is 10.3. The molecule has 10 heavy (non-hydrogen) atoms. The van der Waals surface area contributed by atoms with E-state index in [1.165, 1.54) is 0 Å². The number of hydrogen-bond donors (Lipinski definition) is 1. The zero-order chi connectivity index (χ0) is 7.11. The minimum atomic E-state index is 0. The summed E-state index contributed by atoms with van der Waals surface area (Å²) < 4.78 is 0. The van der Waals surface area contributed by atoms with Gasteiger partial charge in [-0.25, -0.2) is 0 Å². The lowest BCUT2D eigenvalue weighted by Gasteiger charge is -1.89. The summed E-state index contributed by atoms with van der Waals surface area (Å²) in [5.41, 5.74) is 5.27. The maximum Gasteiger partial charge on any atom is 0.0905 e. The zero-order valence-electron chi connectivity index (χ0n) is 6.13. The predicted molar refractivity (Wildman–Crippen MR) is 55.6 cm³/mol. The van der Waals surface area contributed by atoms with E-state index in [0.29, 0.717) is 5.84 Å². The van der Waals surface area contributed by atoms with Crippen molar-refractivity contribution in [2.45, 2.75) is 19.8 Å². The van der Waals surface area contributed by atoms with Crippen LogP contribution in [-0.4, -0.2) is 12.4 Å². The van der Waals surface area contributed by atoms with E-state index in [9.17, 15) is 0 Å². The van der Waals surface area contributed by atoms with Crippen LogP contribution in [0.1, 0.15) is 19.8 Å². The molecular weight excluding hydrogens is 239 g/mol. The maximum atomic E-state index is 5.27. The van der Waals surface area contributed by atoms with Gasteiger partial charge >= 0.3 is 0 Å². The monoisotopic (exact) mass is 252 g/mol. The number of hydrogen-bond acceptors (Lipinski definition) is 1. The Morgan fingerprint density at radius 3 is 2.70 bits per heavy atom. The summed E-state index contributed by atoms with van der Waals surface area (Å²) >= 11 is 0. The summed E-state index contributed by atoms with van der Waals surface area (Å²) in [7, 11) is 0. The van der Waals surface area contributed by atoms with Gasteiger partial charge in [-0.05, 0) is 13.3 Å². The first-order valence-corrected chi connectivity index (χ1v) is 2.97. The van der Waals surface area contributed by atoms with Crippen molar-refractivity contribution in [3.8, 4) is 12.3 Å². The molecule has 0 aromatic carbocycles. The third kappa shape index (κ3) is 10.7. The van der Waals surface area contributed by atoms with Gasteiger partial charge in [0.2, 0.25) is 0 Å². The molecule has 0 unspecified atom stereocenters. The molecule has 0 aliphatic heterocycles. The van der Waals surface area contributed by atoms with Crippen LogP contribution in [0.4, 0.5) is 0 Å². The molecule has 0 aliphatic rings. The minimum Gasteiger partial charge on any atom is -0.388 e. The first kappa shape index (κ1) is 12.4. The summed E-state index contributed by atoms with van der Waals surface area (Å²) in [6.07, 6.45) is 6.74. The molecule has 0 saturated heterocycles. The topological polar surface area (TPSA) is 38.4 Å². The molecule has 0 aliphatic carbocycles. The van der Waals surface area contributed by atoms with E-state index in [1.807, 2.05) is 0 Å². The molecule has 0 heterocycles. The van der Waals surface area contributed by atoms with Gasteiger partial charge in [0.1, 0.15) is 0 Å². The van der Waals surface area contributed by atoms with E-state index >= 15 is 0 Å². The highest BCUT2D eigenvalue weighted by molar-refractivity contribution is 14.0. The Balaban J connectivity index is 0. The highest BCUT2D eigenvalue weighted by Gasteiger charge is 1.80. The Bertz CT molecular complexity index is 131. The average molecular weight is 252 g/mol. The van der Waals surface area contributed by atoms with Crippen LogP contribution in [0, 0.1) is 12.3 Å². The lowest BCUT2D eigenvalue weighted by molar-refractivity contribution is 0.869. The lowest BCUT2D eigenvalue weighted by Crippen LogP contribution is -2.05. The Morgan fingerprint density at radius 2 is 2.30 bits per heavy atom. The highest BCUT2D eigenvalue weighted by atomic mass is 127. The second-order valence-corrected chi connectivity index (χ2v) is 1.83. The van der Waals surface area contributed by atoms with E-state index in [0.717, 1.165) is 19.4 Å². The van der Waals surface area contributed by atoms with E-state index in [2.05, 4.69) is 10.9 Å². The van der Waals surface area contributed by atoms with Gasteiger partial charge in [0, 0.05) is 13.0 Å². The molecular formula is C7H13IN2. The predicted octanol–water partition coefficient (Wildman–Crippen LogP) is 1.39. The fourth-order valence-electron chi connectivity index (χ4n) is 0.437. The number of nitrogens with zero attached hydrogens (tertiary/aromatic N) is 1. The van der Waals surface area contributed by atoms with Gasteiger partial charge < -0.3 is 5.73 Å². The molecule has 2 N–H and O–H groups in total. The van der Waals surface area contributed by atoms with Gasteiger partial charge in [0.05, 0.1) is 5.84 Å². The summed E-state index contributed by atoms with van der Waals surface area (Å²) in [6, 6.07) is 0. The molecule has 0 spiro atoms. The molecule has 58 valence electrons. The second-order valence-electron chi connectivity index (χ2n) is 1.83. The Kier molecular flexibility index (Phi) is 10.9. The van der Waals surface area contributed by atoms with Gasteiger partial charge in [-0.3, -0.25) is 4.99 Å². The van der Waals surface area contributed by atoms with Gasteiger partial charge in [-0.15, -0.1) is 36.3 Å². The third-order valence-electron chi connectivity index (χ3n) is 0.840. The van der Waals surface area contributed by atoms with E-state index in [-0.39, 0.29) is 24.0 Å². The molecule has 0 rings (SSSR count). The van der Waals surface area contributed by atoms with Crippen LogP contribution in [-0.2, 0) is 0 Å². The fraction of sp³-hybridized carbons (Fsp3) is 0.571. The normalized spacial score (nSPS) is 9.80. The first-order chi connectivity index (χ1) is 4.27. The molecule has 0 atom stereocenters. The number of aliphatic imine (C=N–C) groups is 1. The Hall–Kier alpha value is -0.240. The highest BCUT2D eigenvalue weighted by Crippen LogP contribution is 1.85. The molecule has 0 bridgehead atoms. The van der Waals surface area contributed by atoms with Crippen molar-refractivity contribution in [1.29, 1.82) is 0 Å². The molecule has 2 nitrogen and oxygen atoms in total. The minimum absolute atomic E-state index is 0. The van der Waals surface area contributed by atoms with Crippen LogP contribution >= 0.6 is 24.0 Å². The molecule has 0 aromatic rings. The Labute approximate surface area is 79.3 Å². The van der Waals surface area contributed by atoms with Crippen molar-refractivity contribution in [2.75, 3.05) is 6.54 Å². The Morgan fingerprint density at radius 1 is 1.70 bits per heavy atom. The third-order valence-corrected chi connectivity index (χ3v) is 0.840. The average Bonchev–Trinajstić information content (AvgIpc) is 1.80. The van der Waals surface area contributed by atoms with Crippen LogP contribution in [0.15, 0.2) is 4.99 Å². The number of amidine groups is 1. The number of rotatable bonds is 3. The van der Waals surface area contributed by atoms with Crippen LogP contribution < -0.4 is 5.73 Å². The number of halogens is 1. The van der Waals surface area contributed by atoms with Crippen molar-refractivity contribution in [1.82, 2.24) is 0 Å². The zero-order valence-corrected chi connectivity index (χ0v) is 8.46. The van der Waals surface area contributed by atoms with Crippen molar-refractivity contribution in [2.24, 2.45) is 10.7 Å². The summed E-state index contributed by atoms with van der Waals surface area (Å²) in [5, 5.41) is 0. The molecule has 0 aromatic heterocycles. The molecule has 0 amide bonds. The van der Waals surface area contributed by atoms with Crippen LogP contribution in [0.5, 0.6) is 0 Å². The smallest absolute Gasteiger partial charge is 0.0905 e. The van der Waals surface area contributed by atoms with Crippen molar-refractivity contribution >= 4 is 29.8 Å². The standard InChI is InChI=1S/C7H12N2.HI/c1-3-4-5-6-9-7(2)8;/h1H,4-6H2,2H3,(H2,8,9);1H. The number of terminal acetylenes is 1. The molecule has 0 saturated carbocycles. The molecule has 0 fully saturated rings. The van der Waals surface area contributed by atoms with Gasteiger partial charge in [0.25, 0.3) is 0 Å². The molecule has 3 heteroatoms.